The van der Waals surface area contributed by atoms with E-state index >= 15 is 0 Å². The van der Waals surface area contributed by atoms with E-state index in [2.05, 4.69) is 21.5 Å². The molecular weight excluding hydrogens is 248 g/mol. The molecule has 0 saturated heterocycles. The van der Waals surface area contributed by atoms with Gasteiger partial charge < -0.3 is 23.3 Å². The maximum absolute atomic E-state index is 10.2. The lowest BCUT2D eigenvalue weighted by atomic mass is 10.4. The van der Waals surface area contributed by atoms with Crippen LogP contribution in [-0.2, 0) is 24.5 Å². The summed E-state index contributed by atoms with van der Waals surface area (Å²) < 4.78 is 23.6. The van der Waals surface area contributed by atoms with Crippen molar-refractivity contribution in [3.8, 4) is 0 Å². The highest BCUT2D eigenvalue weighted by Gasteiger charge is 2.00. The van der Waals surface area contributed by atoms with Gasteiger partial charge in [0.15, 0.2) is 0 Å². The second-order valence-corrected chi connectivity index (χ2v) is 3.70. The Morgan fingerprint density at radius 3 is 2.06 bits per heavy atom. The number of aliphatic hydroxyl groups excluding tert-OH is 2. The highest BCUT2D eigenvalue weighted by Crippen LogP contribution is 1.90. The highest BCUT2D eigenvalue weighted by molar-refractivity contribution is 7.75. The summed E-state index contributed by atoms with van der Waals surface area (Å²) in [6.45, 7) is 10.0. The van der Waals surface area contributed by atoms with Crippen molar-refractivity contribution in [3.05, 3.63) is 25.7 Å². The minimum Gasteiger partial charge on any atom is -0.394 e. The molecule has 7 heteroatoms. The Bertz CT molecular complexity index is 207. The quantitative estimate of drug-likeness (QED) is 0.629. The Morgan fingerprint density at radius 2 is 1.76 bits per heavy atom. The van der Waals surface area contributed by atoms with Crippen molar-refractivity contribution in [3.63, 3.8) is 0 Å². The molecule has 0 aromatic heterocycles. The zero-order valence-electron chi connectivity index (χ0n) is 10.1. The summed E-state index contributed by atoms with van der Waals surface area (Å²) in [6.07, 6.45) is 1.44. The maximum atomic E-state index is 10.2. The van der Waals surface area contributed by atoms with Crippen LogP contribution in [0.4, 0.5) is 0 Å². The van der Waals surface area contributed by atoms with Crippen LogP contribution in [0.15, 0.2) is 25.7 Å². The maximum Gasteiger partial charge on any atom is 0.416 e. The van der Waals surface area contributed by atoms with Crippen LogP contribution >= 0.6 is 0 Å². The minimum absolute atomic E-state index is 0.00667. The van der Waals surface area contributed by atoms with Crippen LogP contribution in [0.1, 0.15) is 13.8 Å². The van der Waals surface area contributed by atoms with Crippen LogP contribution in [0.3, 0.4) is 0 Å². The van der Waals surface area contributed by atoms with E-state index in [1.54, 1.807) is 13.8 Å². The molecular formula is C10H20O6S. The molecule has 0 saturated carbocycles. The first-order valence-corrected chi connectivity index (χ1v) is 5.86. The van der Waals surface area contributed by atoms with Gasteiger partial charge in [-0.05, 0) is 13.8 Å². The smallest absolute Gasteiger partial charge is 0.394 e. The molecule has 17 heavy (non-hydrogen) atoms. The molecule has 0 rings (SSSR count). The predicted octanol–water partition coefficient (Wildman–Crippen LogP) is 0.650. The first kappa shape index (κ1) is 18.5. The van der Waals surface area contributed by atoms with E-state index in [-0.39, 0.29) is 12.7 Å². The van der Waals surface area contributed by atoms with Crippen LogP contribution in [0.2, 0.25) is 0 Å². The Balaban J connectivity index is 0. The van der Waals surface area contributed by atoms with Gasteiger partial charge in [0.2, 0.25) is 0 Å². The van der Waals surface area contributed by atoms with Crippen molar-refractivity contribution in [2.75, 3.05) is 13.2 Å². The van der Waals surface area contributed by atoms with E-state index in [0.29, 0.717) is 6.61 Å². The van der Waals surface area contributed by atoms with Gasteiger partial charge in [-0.3, -0.25) is 0 Å². The zero-order chi connectivity index (χ0) is 13.7. The van der Waals surface area contributed by atoms with Crippen molar-refractivity contribution >= 4 is 11.4 Å². The van der Waals surface area contributed by atoms with Crippen LogP contribution in [0.5, 0.6) is 0 Å². The Morgan fingerprint density at radius 1 is 1.29 bits per heavy atom. The molecule has 0 heterocycles. The highest BCUT2D eigenvalue weighted by atomic mass is 32.2. The molecule has 2 atom stereocenters. The molecule has 0 fully saturated rings. The van der Waals surface area contributed by atoms with Gasteiger partial charge in [0.25, 0.3) is 0 Å². The van der Waals surface area contributed by atoms with Crippen molar-refractivity contribution in [1.29, 1.82) is 0 Å². The topological polar surface area (TPSA) is 85.2 Å². The second-order valence-electron chi connectivity index (χ2n) is 2.91. The second kappa shape index (κ2) is 13.2. The normalized spacial score (nSPS) is 13.0. The number of hydrogen-bond donors (Lipinski definition) is 2. The lowest BCUT2D eigenvalue weighted by Gasteiger charge is -2.10. The predicted molar refractivity (Wildman–Crippen MR) is 64.9 cm³/mol. The molecule has 0 bridgehead atoms. The van der Waals surface area contributed by atoms with Crippen LogP contribution < -0.4 is 0 Å². The number of hydrogen-bond acceptors (Lipinski definition) is 6. The molecule has 6 nitrogen and oxygen atoms in total. The Labute approximate surface area is 104 Å². The zero-order valence-corrected chi connectivity index (χ0v) is 10.9. The van der Waals surface area contributed by atoms with E-state index in [0.717, 1.165) is 12.5 Å². The number of rotatable bonds is 8. The Hall–Kier alpha value is -0.890. The van der Waals surface area contributed by atoms with Crippen molar-refractivity contribution < 1.29 is 27.5 Å². The third-order valence-corrected chi connectivity index (χ3v) is 1.76. The lowest BCUT2D eigenvalue weighted by molar-refractivity contribution is -0.0177. The van der Waals surface area contributed by atoms with Gasteiger partial charge in [-0.2, -0.15) is 4.21 Å². The Kier molecular flexibility index (Phi) is 14.3. The molecule has 0 aromatic rings. The van der Waals surface area contributed by atoms with Crippen LogP contribution in [0, 0.1) is 0 Å². The van der Waals surface area contributed by atoms with Gasteiger partial charge in [0.05, 0.1) is 25.4 Å². The van der Waals surface area contributed by atoms with E-state index in [1.807, 2.05) is 0 Å². The van der Waals surface area contributed by atoms with Gasteiger partial charge in [0.1, 0.15) is 12.5 Å². The van der Waals surface area contributed by atoms with E-state index in [9.17, 15) is 4.21 Å². The molecule has 0 aromatic carbocycles. The van der Waals surface area contributed by atoms with Gasteiger partial charge in [-0.25, -0.2) is 0 Å². The molecule has 0 spiro atoms. The fourth-order valence-electron chi connectivity index (χ4n) is 0.490. The van der Waals surface area contributed by atoms with Crippen LogP contribution in [-0.4, -0.2) is 39.8 Å². The average molecular weight is 268 g/mol. The van der Waals surface area contributed by atoms with Gasteiger partial charge >= 0.3 is 11.4 Å². The fourth-order valence-corrected chi connectivity index (χ4v) is 0.758. The third-order valence-electron chi connectivity index (χ3n) is 1.17. The minimum atomic E-state index is -1.76. The monoisotopic (exact) mass is 268 g/mol. The third kappa shape index (κ3) is 17.7. The number of aliphatic hydroxyl groups is 2. The van der Waals surface area contributed by atoms with Crippen molar-refractivity contribution in [2.24, 2.45) is 0 Å². The van der Waals surface area contributed by atoms with Gasteiger partial charge in [-0.1, -0.05) is 13.2 Å². The largest absolute Gasteiger partial charge is 0.416 e. The molecule has 2 N–H and O–H groups in total. The van der Waals surface area contributed by atoms with E-state index in [1.165, 1.54) is 0 Å². The van der Waals surface area contributed by atoms with E-state index < -0.39 is 17.5 Å². The lowest BCUT2D eigenvalue weighted by Crippen LogP contribution is -2.19. The summed E-state index contributed by atoms with van der Waals surface area (Å²) >= 11 is -1.76. The molecule has 102 valence electrons. The summed E-state index contributed by atoms with van der Waals surface area (Å²) in [4.78, 5) is 0. The van der Waals surface area contributed by atoms with Gasteiger partial charge in [-0.15, -0.1) is 0 Å². The molecule has 2 unspecified atom stereocenters. The molecule has 0 aliphatic heterocycles. The summed E-state index contributed by atoms with van der Waals surface area (Å²) in [5.74, 6) is 0. The number of ether oxygens (including phenoxy) is 1. The van der Waals surface area contributed by atoms with Gasteiger partial charge in [0, 0.05) is 0 Å². The molecule has 0 radical (unpaired) electrons. The fraction of sp³-hybridized carbons (Fsp3) is 0.600. The first-order chi connectivity index (χ1) is 7.97. The standard InChI is InChI=1S/C6H14O3.C4H6O3S/c1-5(8)4-9-6(2)3-7;1-3-6-8(5)7-4-2/h5-8H,3-4H2,1-2H3;3-4H,1-2H2. The average Bonchev–Trinajstić information content (AvgIpc) is 2.27. The first-order valence-electron chi connectivity index (χ1n) is 4.86. The molecule has 0 aliphatic carbocycles. The summed E-state index contributed by atoms with van der Waals surface area (Å²) in [5, 5.41) is 17.1. The van der Waals surface area contributed by atoms with E-state index in [4.69, 9.17) is 14.9 Å². The molecule has 0 aliphatic rings. The SMILES string of the molecule is C=COS(=O)OC=C.CC(O)COC(C)CO. The summed E-state index contributed by atoms with van der Waals surface area (Å²) in [7, 11) is 0. The van der Waals surface area contributed by atoms with Crippen molar-refractivity contribution in [2.45, 2.75) is 26.1 Å². The van der Waals surface area contributed by atoms with Crippen LogP contribution in [0.25, 0.3) is 0 Å². The summed E-state index contributed by atoms with van der Waals surface area (Å²) in [5.41, 5.74) is 0. The summed E-state index contributed by atoms with van der Waals surface area (Å²) in [6, 6.07) is 0. The van der Waals surface area contributed by atoms with Crippen molar-refractivity contribution in [1.82, 2.24) is 0 Å². The molecule has 0 amide bonds.